The van der Waals surface area contributed by atoms with Crippen molar-refractivity contribution in [3.63, 3.8) is 0 Å². The molecular weight excluding hydrogens is 552 g/mol. The number of carbonyl (C=O) groups excluding carboxylic acids is 1. The largest absolute Gasteiger partial charge is 0.492 e. The van der Waals surface area contributed by atoms with Crippen LogP contribution in [0.5, 0.6) is 11.5 Å². The van der Waals surface area contributed by atoms with Gasteiger partial charge in [0, 0.05) is 39.7 Å². The zero-order valence-electron chi connectivity index (χ0n) is 25.5. The molecular formula is C37H44N2O3S. The van der Waals surface area contributed by atoms with Gasteiger partial charge in [-0.2, -0.15) is 0 Å². The average Bonchev–Trinajstić information content (AvgIpc) is 3.83. The molecule has 6 heteroatoms. The molecule has 1 aromatic heterocycles. The highest BCUT2D eigenvalue weighted by Gasteiger charge is 2.20. The van der Waals surface area contributed by atoms with Crippen LogP contribution in [0.1, 0.15) is 66.9 Å². The SMILES string of the molecule is CCCCc1cc(C(=O)c2csc3cccc(-c4ccc(OCCN5CCCC5)cc4)c23)ccc1OCCN1CCCC1. The molecule has 3 heterocycles. The number of unbranched alkanes of at least 4 members (excludes halogenated alkanes) is 1. The number of ether oxygens (including phenoxy) is 2. The number of rotatable bonds is 14. The van der Waals surface area contributed by atoms with Crippen LogP contribution in [0.25, 0.3) is 21.2 Å². The van der Waals surface area contributed by atoms with Gasteiger partial charge in [-0.3, -0.25) is 14.6 Å². The van der Waals surface area contributed by atoms with Crippen molar-refractivity contribution in [2.24, 2.45) is 0 Å². The van der Waals surface area contributed by atoms with E-state index in [1.54, 1.807) is 11.3 Å². The molecule has 226 valence electrons. The van der Waals surface area contributed by atoms with Crippen LogP contribution in [0.15, 0.2) is 66.0 Å². The van der Waals surface area contributed by atoms with E-state index in [0.717, 1.165) is 81.8 Å². The predicted molar refractivity (Wildman–Crippen MR) is 178 cm³/mol. The van der Waals surface area contributed by atoms with Crippen molar-refractivity contribution < 1.29 is 14.3 Å². The highest BCUT2D eigenvalue weighted by molar-refractivity contribution is 7.17. The first-order chi connectivity index (χ1) is 21.2. The number of hydrogen-bond donors (Lipinski definition) is 0. The molecule has 0 unspecified atom stereocenters. The Kier molecular flexibility index (Phi) is 10.1. The molecule has 2 saturated heterocycles. The number of hydrogen-bond acceptors (Lipinski definition) is 6. The Hall–Kier alpha value is -3.19. The number of benzene rings is 3. The molecule has 0 aliphatic carbocycles. The number of likely N-dealkylation sites (tertiary alicyclic amines) is 2. The molecule has 5 nitrogen and oxygen atoms in total. The van der Waals surface area contributed by atoms with Crippen LogP contribution in [0.2, 0.25) is 0 Å². The van der Waals surface area contributed by atoms with Crippen molar-refractivity contribution in [3.8, 4) is 22.6 Å². The molecule has 2 aliphatic rings. The Bertz CT molecular complexity index is 1500. The van der Waals surface area contributed by atoms with Crippen LogP contribution in [0.3, 0.4) is 0 Å². The van der Waals surface area contributed by atoms with Gasteiger partial charge < -0.3 is 9.47 Å². The van der Waals surface area contributed by atoms with E-state index in [4.69, 9.17) is 9.47 Å². The first-order valence-corrected chi connectivity index (χ1v) is 17.1. The van der Waals surface area contributed by atoms with Gasteiger partial charge in [0.15, 0.2) is 5.78 Å². The summed E-state index contributed by atoms with van der Waals surface area (Å²) < 4.78 is 13.4. The molecule has 4 aromatic rings. The number of aryl methyl sites for hydroxylation is 1. The normalized spacial score (nSPS) is 15.8. The summed E-state index contributed by atoms with van der Waals surface area (Å²) >= 11 is 1.64. The highest BCUT2D eigenvalue weighted by atomic mass is 32.1. The minimum absolute atomic E-state index is 0.0712. The topological polar surface area (TPSA) is 42.0 Å². The van der Waals surface area contributed by atoms with Crippen molar-refractivity contribution in [2.45, 2.75) is 51.9 Å². The van der Waals surface area contributed by atoms with E-state index in [9.17, 15) is 4.79 Å². The number of nitrogens with zero attached hydrogens (tertiary/aromatic N) is 2. The standard InChI is InChI=1S/C37H44N2O3S/c1-2-3-9-29-26-30(14-17-34(29)42-25-23-39-20-6-7-21-39)37(40)33-27-43-35-11-8-10-32(36(33)35)28-12-15-31(16-13-28)41-24-22-38-18-4-5-19-38/h8,10-17,26-27H,2-7,9,18-25H2,1H3. The lowest BCUT2D eigenvalue weighted by molar-refractivity contribution is 0.104. The second kappa shape index (κ2) is 14.5. The molecule has 0 spiro atoms. The molecule has 0 amide bonds. The quantitative estimate of drug-likeness (QED) is 0.138. The molecule has 0 saturated carbocycles. The maximum atomic E-state index is 14.0. The fraction of sp³-hybridized carbons (Fsp3) is 0.432. The summed E-state index contributed by atoms with van der Waals surface area (Å²) in [4.78, 5) is 19.0. The minimum Gasteiger partial charge on any atom is -0.492 e. The summed E-state index contributed by atoms with van der Waals surface area (Å²) in [5.74, 6) is 1.88. The Morgan fingerprint density at radius 2 is 1.53 bits per heavy atom. The van der Waals surface area contributed by atoms with Crippen molar-refractivity contribution in [1.82, 2.24) is 9.80 Å². The van der Waals surface area contributed by atoms with Gasteiger partial charge in [0.1, 0.15) is 24.7 Å². The molecule has 2 aliphatic heterocycles. The summed E-state index contributed by atoms with van der Waals surface area (Å²) in [7, 11) is 0. The van der Waals surface area contributed by atoms with Crippen LogP contribution in [-0.2, 0) is 6.42 Å². The molecule has 0 N–H and O–H groups in total. The van der Waals surface area contributed by atoms with Crippen LogP contribution in [0.4, 0.5) is 0 Å². The lowest BCUT2D eigenvalue weighted by Gasteiger charge is -2.17. The van der Waals surface area contributed by atoms with Crippen LogP contribution < -0.4 is 9.47 Å². The van der Waals surface area contributed by atoms with E-state index in [-0.39, 0.29) is 5.78 Å². The van der Waals surface area contributed by atoms with E-state index in [1.807, 2.05) is 17.5 Å². The molecule has 0 bridgehead atoms. The molecule has 2 fully saturated rings. The van der Waals surface area contributed by atoms with E-state index >= 15 is 0 Å². The third kappa shape index (κ3) is 7.31. The zero-order valence-corrected chi connectivity index (χ0v) is 26.3. The fourth-order valence-electron chi connectivity index (χ4n) is 6.40. The summed E-state index contributed by atoms with van der Waals surface area (Å²) in [5, 5.41) is 3.06. The van der Waals surface area contributed by atoms with Gasteiger partial charge >= 0.3 is 0 Å². The number of fused-ring (bicyclic) bond motifs is 1. The highest BCUT2D eigenvalue weighted by Crippen LogP contribution is 2.37. The molecule has 0 radical (unpaired) electrons. The van der Waals surface area contributed by atoms with Gasteiger partial charge in [-0.15, -0.1) is 11.3 Å². The van der Waals surface area contributed by atoms with Crippen LogP contribution in [-0.4, -0.2) is 68.1 Å². The maximum absolute atomic E-state index is 14.0. The van der Waals surface area contributed by atoms with Gasteiger partial charge in [0.05, 0.1) is 0 Å². The smallest absolute Gasteiger partial charge is 0.194 e. The second-order valence-electron chi connectivity index (χ2n) is 11.9. The Labute approximate surface area is 260 Å². The van der Waals surface area contributed by atoms with Gasteiger partial charge in [-0.25, -0.2) is 0 Å². The van der Waals surface area contributed by atoms with Crippen LogP contribution in [0, 0.1) is 0 Å². The Morgan fingerprint density at radius 1 is 0.837 bits per heavy atom. The fourth-order valence-corrected chi connectivity index (χ4v) is 7.36. The van der Waals surface area contributed by atoms with E-state index < -0.39 is 0 Å². The number of ketones is 1. The van der Waals surface area contributed by atoms with Crippen molar-refractivity contribution in [2.75, 3.05) is 52.5 Å². The third-order valence-electron chi connectivity index (χ3n) is 8.87. The number of carbonyl (C=O) groups is 1. The second-order valence-corrected chi connectivity index (χ2v) is 12.8. The van der Waals surface area contributed by atoms with E-state index in [2.05, 4.69) is 65.3 Å². The first-order valence-electron chi connectivity index (χ1n) is 16.2. The van der Waals surface area contributed by atoms with E-state index in [0.29, 0.717) is 13.2 Å². The van der Waals surface area contributed by atoms with E-state index in [1.165, 1.54) is 51.9 Å². The lowest BCUT2D eigenvalue weighted by Crippen LogP contribution is -2.25. The van der Waals surface area contributed by atoms with Gasteiger partial charge in [0.2, 0.25) is 0 Å². The van der Waals surface area contributed by atoms with Crippen molar-refractivity contribution >= 4 is 27.2 Å². The van der Waals surface area contributed by atoms with Gasteiger partial charge in [0.25, 0.3) is 0 Å². The lowest BCUT2D eigenvalue weighted by atomic mass is 9.94. The summed E-state index contributed by atoms with van der Waals surface area (Å²) in [6.45, 7) is 10.3. The maximum Gasteiger partial charge on any atom is 0.194 e. The Morgan fingerprint density at radius 3 is 2.23 bits per heavy atom. The zero-order chi connectivity index (χ0) is 29.4. The third-order valence-corrected chi connectivity index (χ3v) is 9.82. The molecule has 6 rings (SSSR count). The first kappa shape index (κ1) is 29.9. The van der Waals surface area contributed by atoms with Gasteiger partial charge in [-0.05, 0) is 118 Å². The molecule has 43 heavy (non-hydrogen) atoms. The Balaban J connectivity index is 1.20. The predicted octanol–water partition coefficient (Wildman–Crippen LogP) is 8.09. The average molecular weight is 597 g/mol. The van der Waals surface area contributed by atoms with Gasteiger partial charge in [-0.1, -0.05) is 37.6 Å². The summed E-state index contributed by atoms with van der Waals surface area (Å²) in [6, 6.07) is 20.7. The molecule has 3 aromatic carbocycles. The van der Waals surface area contributed by atoms with Crippen LogP contribution >= 0.6 is 11.3 Å². The molecule has 0 atom stereocenters. The van der Waals surface area contributed by atoms with Crippen molar-refractivity contribution in [1.29, 1.82) is 0 Å². The summed E-state index contributed by atoms with van der Waals surface area (Å²) in [6.07, 6.45) is 8.26. The minimum atomic E-state index is 0.0712. The summed E-state index contributed by atoms with van der Waals surface area (Å²) in [5.41, 5.74) is 4.81. The monoisotopic (exact) mass is 596 g/mol. The van der Waals surface area contributed by atoms with Crippen molar-refractivity contribution in [3.05, 3.63) is 82.7 Å². The number of thiophene rings is 1.